The molecule has 0 radical (unpaired) electrons. The minimum Gasteiger partial charge on any atom is -0.395 e. The Morgan fingerprint density at radius 2 is 1.95 bits per heavy atom. The molecule has 0 fully saturated rings. The highest BCUT2D eigenvalue weighted by Crippen LogP contribution is 2.31. The molecule has 0 amide bonds. The van der Waals surface area contributed by atoms with Gasteiger partial charge in [0, 0.05) is 19.6 Å². The average molecular weight is 320 g/mol. The zero-order valence-corrected chi connectivity index (χ0v) is 13.6. The summed E-state index contributed by atoms with van der Waals surface area (Å²) in [4.78, 5) is 6.52. The molecule has 0 saturated carbocycles. The second-order valence-electron chi connectivity index (χ2n) is 4.62. The van der Waals surface area contributed by atoms with Crippen LogP contribution in [0.2, 0.25) is 10.0 Å². The van der Waals surface area contributed by atoms with Crippen LogP contribution in [0, 0.1) is 0 Å². The van der Waals surface area contributed by atoms with Crippen LogP contribution in [0.15, 0.2) is 6.07 Å². The first-order chi connectivity index (χ1) is 9.63. The van der Waals surface area contributed by atoms with Gasteiger partial charge in [-0.25, -0.2) is 4.98 Å². The summed E-state index contributed by atoms with van der Waals surface area (Å²) < 4.78 is 0. The van der Waals surface area contributed by atoms with Crippen molar-refractivity contribution in [2.24, 2.45) is 0 Å². The number of rotatable bonds is 9. The van der Waals surface area contributed by atoms with Crippen molar-refractivity contribution in [1.29, 1.82) is 0 Å². The maximum Gasteiger partial charge on any atom is 0.150 e. The second kappa shape index (κ2) is 9.27. The molecule has 0 aliphatic rings. The normalized spacial score (nSPS) is 10.7. The molecule has 2 N–H and O–H groups in total. The Bertz CT molecular complexity index is 416. The lowest BCUT2D eigenvalue weighted by Crippen LogP contribution is -2.29. The Labute approximate surface area is 131 Å². The van der Waals surface area contributed by atoms with Crippen molar-refractivity contribution in [2.45, 2.75) is 33.1 Å². The van der Waals surface area contributed by atoms with Gasteiger partial charge in [0.1, 0.15) is 11.6 Å². The molecule has 0 atom stereocenters. The van der Waals surface area contributed by atoms with Crippen LogP contribution >= 0.6 is 23.2 Å². The lowest BCUT2D eigenvalue weighted by atomic mass is 10.3. The minimum absolute atomic E-state index is 0.0715. The van der Waals surface area contributed by atoms with Crippen molar-refractivity contribution >= 4 is 34.8 Å². The van der Waals surface area contributed by atoms with Gasteiger partial charge in [0.05, 0.1) is 16.7 Å². The molecule has 20 heavy (non-hydrogen) atoms. The van der Waals surface area contributed by atoms with Gasteiger partial charge in [-0.2, -0.15) is 0 Å². The number of halogens is 2. The summed E-state index contributed by atoms with van der Waals surface area (Å²) in [6.45, 7) is 6.42. The van der Waals surface area contributed by atoms with E-state index in [4.69, 9.17) is 23.2 Å². The summed E-state index contributed by atoms with van der Waals surface area (Å²) in [6.07, 6.45) is 3.10. The molecule has 0 saturated heterocycles. The van der Waals surface area contributed by atoms with Crippen molar-refractivity contribution in [3.8, 4) is 0 Å². The number of unbranched alkanes of at least 4 members (excludes halogenated alkanes) is 1. The van der Waals surface area contributed by atoms with E-state index in [1.807, 2.05) is 4.90 Å². The fraction of sp³-hybridized carbons (Fsp3) is 0.643. The first-order valence-electron chi connectivity index (χ1n) is 7.09. The van der Waals surface area contributed by atoms with Crippen molar-refractivity contribution in [2.75, 3.05) is 36.5 Å². The van der Waals surface area contributed by atoms with Gasteiger partial charge in [0.15, 0.2) is 0 Å². The highest BCUT2D eigenvalue weighted by Gasteiger charge is 2.15. The molecule has 0 aliphatic heterocycles. The van der Waals surface area contributed by atoms with E-state index in [1.165, 1.54) is 0 Å². The zero-order chi connectivity index (χ0) is 15.0. The number of aromatic nitrogens is 1. The van der Waals surface area contributed by atoms with E-state index in [9.17, 15) is 5.11 Å². The Morgan fingerprint density at radius 1 is 1.20 bits per heavy atom. The summed E-state index contributed by atoms with van der Waals surface area (Å²) in [5.41, 5.74) is 0. The third-order valence-corrected chi connectivity index (χ3v) is 3.47. The third-order valence-electron chi connectivity index (χ3n) is 2.90. The van der Waals surface area contributed by atoms with E-state index < -0.39 is 0 Å². The molecule has 0 unspecified atom stereocenters. The number of aliphatic hydroxyl groups excluding tert-OH is 1. The van der Waals surface area contributed by atoms with Crippen molar-refractivity contribution in [1.82, 2.24) is 4.98 Å². The monoisotopic (exact) mass is 319 g/mol. The molecule has 0 aliphatic carbocycles. The number of anilines is 2. The van der Waals surface area contributed by atoms with Crippen LogP contribution in [-0.2, 0) is 0 Å². The van der Waals surface area contributed by atoms with Gasteiger partial charge < -0.3 is 15.3 Å². The maximum absolute atomic E-state index is 9.20. The number of aliphatic hydroxyl groups is 1. The van der Waals surface area contributed by atoms with Crippen LogP contribution in [-0.4, -0.2) is 36.3 Å². The molecular weight excluding hydrogens is 297 g/mol. The number of hydrogen-bond acceptors (Lipinski definition) is 4. The summed E-state index contributed by atoms with van der Waals surface area (Å²) >= 11 is 12.4. The molecule has 1 rings (SSSR count). The van der Waals surface area contributed by atoms with Gasteiger partial charge in [0.2, 0.25) is 0 Å². The first kappa shape index (κ1) is 17.3. The predicted octanol–water partition coefficient (Wildman–Crippen LogP) is 3.81. The molecule has 114 valence electrons. The zero-order valence-electron chi connectivity index (χ0n) is 12.1. The summed E-state index contributed by atoms with van der Waals surface area (Å²) in [5, 5.41) is 13.4. The van der Waals surface area contributed by atoms with Gasteiger partial charge in [-0.05, 0) is 18.9 Å². The quantitative estimate of drug-likeness (QED) is 0.726. The van der Waals surface area contributed by atoms with Gasteiger partial charge >= 0.3 is 0 Å². The van der Waals surface area contributed by atoms with E-state index in [-0.39, 0.29) is 6.61 Å². The van der Waals surface area contributed by atoms with Gasteiger partial charge in [-0.15, -0.1) is 0 Å². The fourth-order valence-corrected chi connectivity index (χ4v) is 2.38. The SMILES string of the molecule is CCCCN(CCO)c1nc(NCCC)c(Cl)cc1Cl. The Hall–Kier alpha value is -0.710. The van der Waals surface area contributed by atoms with E-state index >= 15 is 0 Å². The number of pyridine rings is 1. The third kappa shape index (κ3) is 5.00. The molecule has 0 aromatic carbocycles. The molecule has 0 bridgehead atoms. The second-order valence-corrected chi connectivity index (χ2v) is 5.43. The standard InChI is InChI=1S/C14H23Cl2N3O/c1-3-5-7-19(8-9-20)14-12(16)10-11(15)13(18-14)17-6-4-2/h10,20H,3-9H2,1-2H3,(H,17,18). The minimum atomic E-state index is 0.0715. The van der Waals surface area contributed by atoms with Gasteiger partial charge in [0.25, 0.3) is 0 Å². The number of nitrogens with zero attached hydrogens (tertiary/aromatic N) is 2. The molecule has 1 aromatic rings. The Kier molecular flexibility index (Phi) is 8.04. The summed E-state index contributed by atoms with van der Waals surface area (Å²) in [7, 11) is 0. The molecule has 4 nitrogen and oxygen atoms in total. The molecule has 1 heterocycles. The van der Waals surface area contributed by atoms with Gasteiger partial charge in [-0.3, -0.25) is 0 Å². The maximum atomic E-state index is 9.20. The first-order valence-corrected chi connectivity index (χ1v) is 7.85. The molecule has 1 aromatic heterocycles. The van der Waals surface area contributed by atoms with Crippen molar-refractivity contribution in [3.05, 3.63) is 16.1 Å². The summed E-state index contributed by atoms with van der Waals surface area (Å²) in [6, 6.07) is 1.71. The summed E-state index contributed by atoms with van der Waals surface area (Å²) in [5.74, 6) is 1.32. The number of nitrogens with one attached hydrogen (secondary N) is 1. The Morgan fingerprint density at radius 3 is 2.55 bits per heavy atom. The molecular formula is C14H23Cl2N3O. The van der Waals surface area contributed by atoms with Crippen LogP contribution < -0.4 is 10.2 Å². The fourth-order valence-electron chi connectivity index (χ4n) is 1.84. The Balaban J connectivity index is 2.99. The van der Waals surface area contributed by atoms with E-state index in [0.29, 0.717) is 28.2 Å². The van der Waals surface area contributed by atoms with Crippen molar-refractivity contribution < 1.29 is 5.11 Å². The molecule has 6 heteroatoms. The van der Waals surface area contributed by atoms with Crippen LogP contribution in [0.1, 0.15) is 33.1 Å². The largest absolute Gasteiger partial charge is 0.395 e. The van der Waals surface area contributed by atoms with E-state index in [2.05, 4.69) is 24.1 Å². The highest BCUT2D eigenvalue weighted by atomic mass is 35.5. The number of hydrogen-bond donors (Lipinski definition) is 2. The van der Waals surface area contributed by atoms with Crippen molar-refractivity contribution in [3.63, 3.8) is 0 Å². The lowest BCUT2D eigenvalue weighted by Gasteiger charge is -2.24. The highest BCUT2D eigenvalue weighted by molar-refractivity contribution is 6.37. The topological polar surface area (TPSA) is 48.4 Å². The lowest BCUT2D eigenvalue weighted by molar-refractivity contribution is 0.301. The van der Waals surface area contributed by atoms with Crippen LogP contribution in [0.25, 0.3) is 0 Å². The van der Waals surface area contributed by atoms with Crippen LogP contribution in [0.4, 0.5) is 11.6 Å². The smallest absolute Gasteiger partial charge is 0.150 e. The van der Waals surface area contributed by atoms with E-state index in [0.717, 1.165) is 32.4 Å². The van der Waals surface area contributed by atoms with Gasteiger partial charge in [-0.1, -0.05) is 43.5 Å². The van der Waals surface area contributed by atoms with Crippen LogP contribution in [0.5, 0.6) is 0 Å². The molecule has 0 spiro atoms. The predicted molar refractivity (Wildman–Crippen MR) is 87.2 cm³/mol. The van der Waals surface area contributed by atoms with Crippen LogP contribution in [0.3, 0.4) is 0 Å². The van der Waals surface area contributed by atoms with E-state index in [1.54, 1.807) is 6.07 Å². The average Bonchev–Trinajstić information content (AvgIpc) is 2.43.